The van der Waals surface area contributed by atoms with E-state index in [0.29, 0.717) is 29.4 Å². The molecule has 5 unspecified atom stereocenters. The van der Waals surface area contributed by atoms with Gasteiger partial charge in [-0.2, -0.15) is 0 Å². The van der Waals surface area contributed by atoms with Crippen molar-refractivity contribution in [3.63, 3.8) is 0 Å². The molecule has 0 spiro atoms. The quantitative estimate of drug-likeness (QED) is 0.547. The standard InChI is InChI=1S/C21H27F3/c1-12-2-3-14-9-15(5-4-13(14)8-12)16-6-7-18-17(10-16)11-19(22)21(24)20(18)23/h11-16H,2-10H2,1H3. The van der Waals surface area contributed by atoms with Crippen molar-refractivity contribution in [3.8, 4) is 0 Å². The minimum atomic E-state index is -1.30. The zero-order valence-electron chi connectivity index (χ0n) is 14.5. The first-order valence-corrected chi connectivity index (χ1v) is 9.68. The van der Waals surface area contributed by atoms with E-state index >= 15 is 0 Å². The van der Waals surface area contributed by atoms with E-state index in [-0.39, 0.29) is 0 Å². The Morgan fingerprint density at radius 2 is 1.46 bits per heavy atom. The molecule has 0 radical (unpaired) electrons. The van der Waals surface area contributed by atoms with Crippen LogP contribution >= 0.6 is 0 Å². The third kappa shape index (κ3) is 2.88. The van der Waals surface area contributed by atoms with Crippen LogP contribution in [0, 0.1) is 47.0 Å². The lowest BCUT2D eigenvalue weighted by Crippen LogP contribution is -2.34. The summed E-state index contributed by atoms with van der Waals surface area (Å²) in [4.78, 5) is 0. The van der Waals surface area contributed by atoms with E-state index in [1.165, 1.54) is 44.6 Å². The number of hydrogen-bond acceptors (Lipinski definition) is 0. The number of benzene rings is 1. The van der Waals surface area contributed by atoms with Gasteiger partial charge in [-0.3, -0.25) is 0 Å². The van der Waals surface area contributed by atoms with E-state index < -0.39 is 17.5 Å². The van der Waals surface area contributed by atoms with E-state index in [2.05, 4.69) is 6.92 Å². The fourth-order valence-electron chi connectivity index (χ4n) is 5.84. The fraction of sp³-hybridized carbons (Fsp3) is 0.714. The summed E-state index contributed by atoms with van der Waals surface area (Å²) in [6.07, 6.45) is 10.2. The monoisotopic (exact) mass is 336 g/mol. The predicted molar refractivity (Wildman–Crippen MR) is 89.2 cm³/mol. The van der Waals surface area contributed by atoms with E-state index in [1.54, 1.807) is 0 Å². The summed E-state index contributed by atoms with van der Waals surface area (Å²) in [6.45, 7) is 2.38. The van der Waals surface area contributed by atoms with Crippen molar-refractivity contribution in [3.05, 3.63) is 34.6 Å². The molecule has 1 aromatic carbocycles. The molecule has 0 heterocycles. The zero-order valence-corrected chi connectivity index (χ0v) is 14.5. The number of rotatable bonds is 1. The maximum absolute atomic E-state index is 14.0. The highest BCUT2D eigenvalue weighted by molar-refractivity contribution is 5.33. The average molecular weight is 336 g/mol. The molecule has 3 heteroatoms. The van der Waals surface area contributed by atoms with Gasteiger partial charge in [0.25, 0.3) is 0 Å². The van der Waals surface area contributed by atoms with Crippen molar-refractivity contribution in [1.29, 1.82) is 0 Å². The van der Waals surface area contributed by atoms with Gasteiger partial charge in [0.15, 0.2) is 17.5 Å². The highest BCUT2D eigenvalue weighted by atomic mass is 19.2. The van der Waals surface area contributed by atoms with E-state index in [9.17, 15) is 13.2 Å². The van der Waals surface area contributed by atoms with Gasteiger partial charge in [-0.05, 0) is 98.1 Å². The molecule has 3 aliphatic carbocycles. The van der Waals surface area contributed by atoms with Crippen LogP contribution in [0.4, 0.5) is 13.2 Å². The molecule has 5 atom stereocenters. The molecule has 0 amide bonds. The second-order valence-corrected chi connectivity index (χ2v) is 8.64. The second-order valence-electron chi connectivity index (χ2n) is 8.64. The normalized spacial score (nSPS) is 36.1. The third-order valence-electron chi connectivity index (χ3n) is 7.19. The van der Waals surface area contributed by atoms with Crippen LogP contribution in [0.1, 0.15) is 63.0 Å². The molecule has 3 aliphatic rings. The molecular formula is C21H27F3. The van der Waals surface area contributed by atoms with Crippen molar-refractivity contribution in [2.45, 2.75) is 64.7 Å². The Balaban J connectivity index is 1.47. The third-order valence-corrected chi connectivity index (χ3v) is 7.19. The summed E-state index contributed by atoms with van der Waals surface area (Å²) in [5.41, 5.74) is 1.13. The Kier molecular flexibility index (Phi) is 4.38. The Hall–Kier alpha value is -0.990. The SMILES string of the molecule is CC1CCC2CC(C3CCc4c(cc(F)c(F)c4F)C3)CCC2C1. The summed E-state index contributed by atoms with van der Waals surface area (Å²) >= 11 is 0. The Labute approximate surface area is 142 Å². The maximum atomic E-state index is 14.0. The predicted octanol–water partition coefficient (Wildman–Crippen LogP) is 6.06. The summed E-state index contributed by atoms with van der Waals surface area (Å²) in [5, 5.41) is 0. The summed E-state index contributed by atoms with van der Waals surface area (Å²) < 4.78 is 41.0. The summed E-state index contributed by atoms with van der Waals surface area (Å²) in [5.74, 6) is 0.568. The van der Waals surface area contributed by atoms with Gasteiger partial charge in [-0.25, -0.2) is 13.2 Å². The first-order chi connectivity index (χ1) is 11.5. The Morgan fingerprint density at radius 1 is 0.792 bits per heavy atom. The molecule has 0 bridgehead atoms. The van der Waals surface area contributed by atoms with Gasteiger partial charge >= 0.3 is 0 Å². The van der Waals surface area contributed by atoms with Gasteiger partial charge in [-0.15, -0.1) is 0 Å². The number of fused-ring (bicyclic) bond motifs is 2. The zero-order chi connectivity index (χ0) is 16.8. The molecule has 0 saturated heterocycles. The van der Waals surface area contributed by atoms with Crippen LogP contribution in [-0.2, 0) is 12.8 Å². The summed E-state index contributed by atoms with van der Waals surface area (Å²) in [7, 11) is 0. The van der Waals surface area contributed by atoms with Gasteiger partial charge < -0.3 is 0 Å². The van der Waals surface area contributed by atoms with Gasteiger partial charge in [0.05, 0.1) is 0 Å². The molecule has 0 aromatic heterocycles. The fourth-order valence-corrected chi connectivity index (χ4v) is 5.84. The Bertz CT molecular complexity index is 624. The topological polar surface area (TPSA) is 0 Å². The van der Waals surface area contributed by atoms with Crippen LogP contribution in [-0.4, -0.2) is 0 Å². The van der Waals surface area contributed by atoms with Gasteiger partial charge in [-0.1, -0.05) is 13.3 Å². The molecule has 2 saturated carbocycles. The second kappa shape index (κ2) is 6.38. The first-order valence-electron chi connectivity index (χ1n) is 9.68. The molecule has 0 aliphatic heterocycles. The molecule has 1 aromatic rings. The van der Waals surface area contributed by atoms with E-state index in [1.807, 2.05) is 0 Å². The van der Waals surface area contributed by atoms with Crippen molar-refractivity contribution < 1.29 is 13.2 Å². The highest BCUT2D eigenvalue weighted by Crippen LogP contribution is 2.48. The average Bonchev–Trinajstić information content (AvgIpc) is 2.59. The van der Waals surface area contributed by atoms with Gasteiger partial charge in [0, 0.05) is 0 Å². The molecule has 2 fully saturated rings. The molecule has 0 nitrogen and oxygen atoms in total. The van der Waals surface area contributed by atoms with Crippen LogP contribution in [0.2, 0.25) is 0 Å². The Morgan fingerprint density at radius 3 is 2.25 bits per heavy atom. The van der Waals surface area contributed by atoms with Crippen molar-refractivity contribution in [2.75, 3.05) is 0 Å². The minimum Gasteiger partial charge on any atom is -0.204 e. The molecule has 24 heavy (non-hydrogen) atoms. The first kappa shape index (κ1) is 16.5. The maximum Gasteiger partial charge on any atom is 0.194 e. The van der Waals surface area contributed by atoms with Crippen LogP contribution in [0.15, 0.2) is 6.07 Å². The lowest BCUT2D eigenvalue weighted by Gasteiger charge is -2.44. The minimum absolute atomic E-state index is 0.422. The highest BCUT2D eigenvalue weighted by Gasteiger charge is 2.38. The van der Waals surface area contributed by atoms with Gasteiger partial charge in [0.1, 0.15) is 0 Å². The van der Waals surface area contributed by atoms with Crippen LogP contribution in [0.5, 0.6) is 0 Å². The van der Waals surface area contributed by atoms with E-state index in [0.717, 1.165) is 30.6 Å². The molecule has 0 N–H and O–H groups in total. The lowest BCUT2D eigenvalue weighted by molar-refractivity contribution is 0.0755. The molecule has 132 valence electrons. The van der Waals surface area contributed by atoms with Crippen molar-refractivity contribution in [2.24, 2.45) is 29.6 Å². The lowest BCUT2D eigenvalue weighted by atomic mass is 9.61. The smallest absolute Gasteiger partial charge is 0.194 e. The number of halogens is 3. The molecule has 4 rings (SSSR count). The van der Waals surface area contributed by atoms with Gasteiger partial charge in [0.2, 0.25) is 0 Å². The van der Waals surface area contributed by atoms with Crippen molar-refractivity contribution in [1.82, 2.24) is 0 Å². The van der Waals surface area contributed by atoms with E-state index in [4.69, 9.17) is 0 Å². The summed E-state index contributed by atoms with van der Waals surface area (Å²) in [6, 6.07) is 1.24. The largest absolute Gasteiger partial charge is 0.204 e. The molecular weight excluding hydrogens is 309 g/mol. The van der Waals surface area contributed by atoms with Crippen molar-refractivity contribution >= 4 is 0 Å². The number of hydrogen-bond donors (Lipinski definition) is 0. The van der Waals surface area contributed by atoms with Crippen LogP contribution in [0.25, 0.3) is 0 Å². The van der Waals surface area contributed by atoms with Crippen LogP contribution < -0.4 is 0 Å². The van der Waals surface area contributed by atoms with Crippen LogP contribution in [0.3, 0.4) is 0 Å².